The van der Waals surface area contributed by atoms with Crippen molar-refractivity contribution in [2.75, 3.05) is 0 Å². The predicted octanol–water partition coefficient (Wildman–Crippen LogP) is 1.82. The maximum Gasteiger partial charge on any atom is 0.247 e. The van der Waals surface area contributed by atoms with Crippen LogP contribution in [0.15, 0.2) is 71.4 Å². The fourth-order valence-corrected chi connectivity index (χ4v) is 2.76. The van der Waals surface area contributed by atoms with E-state index >= 15 is 0 Å². The first-order valence-corrected chi connectivity index (χ1v) is 8.71. The zero-order valence-electron chi connectivity index (χ0n) is 14.8. The summed E-state index contributed by atoms with van der Waals surface area (Å²) in [5, 5.41) is 22.0. The van der Waals surface area contributed by atoms with E-state index in [2.05, 4.69) is 31.0 Å². The standard InChI is InChI=1S/C19H17N7O2/c27-18(16(26-13-21-24-25-26)11-14-7-3-1-4-8-14)20-12-17-22-23-19(28-17)15-9-5-2-6-10-15/h1-10,13,16H,11-12H2,(H,20,27)/t16-/m1/s1. The minimum absolute atomic E-state index is 0.117. The van der Waals surface area contributed by atoms with Gasteiger partial charge in [0.15, 0.2) is 0 Å². The van der Waals surface area contributed by atoms with Gasteiger partial charge in [-0.25, -0.2) is 4.68 Å². The highest BCUT2D eigenvalue weighted by atomic mass is 16.4. The molecule has 9 heteroatoms. The van der Waals surface area contributed by atoms with E-state index in [4.69, 9.17) is 4.42 Å². The minimum atomic E-state index is -0.589. The average molecular weight is 375 g/mol. The van der Waals surface area contributed by atoms with E-state index in [1.165, 1.54) is 11.0 Å². The van der Waals surface area contributed by atoms with Gasteiger partial charge in [0.2, 0.25) is 17.7 Å². The summed E-state index contributed by atoms with van der Waals surface area (Å²) in [6, 6.07) is 18.5. The van der Waals surface area contributed by atoms with Gasteiger partial charge in [0.1, 0.15) is 12.4 Å². The Balaban J connectivity index is 1.44. The van der Waals surface area contributed by atoms with Crippen LogP contribution in [0.1, 0.15) is 17.5 Å². The Morgan fingerprint density at radius 3 is 2.50 bits per heavy atom. The molecular formula is C19H17N7O2. The second kappa shape index (κ2) is 8.21. The molecule has 1 amide bonds. The third-order valence-electron chi connectivity index (χ3n) is 4.16. The summed E-state index contributed by atoms with van der Waals surface area (Å²) in [5.74, 6) is 0.490. The van der Waals surface area contributed by atoms with Crippen molar-refractivity contribution in [3.8, 4) is 11.5 Å². The Morgan fingerprint density at radius 2 is 1.79 bits per heavy atom. The molecule has 28 heavy (non-hydrogen) atoms. The number of rotatable bonds is 7. The first-order chi connectivity index (χ1) is 13.8. The molecule has 0 spiro atoms. The van der Waals surface area contributed by atoms with Crippen molar-refractivity contribution in [3.63, 3.8) is 0 Å². The highest BCUT2D eigenvalue weighted by molar-refractivity contribution is 5.80. The van der Waals surface area contributed by atoms with Crippen LogP contribution >= 0.6 is 0 Å². The van der Waals surface area contributed by atoms with E-state index in [-0.39, 0.29) is 12.5 Å². The van der Waals surface area contributed by atoms with Gasteiger partial charge in [-0.15, -0.1) is 15.3 Å². The van der Waals surface area contributed by atoms with E-state index in [0.717, 1.165) is 11.1 Å². The number of carbonyl (C=O) groups excluding carboxylic acids is 1. The number of hydrogen-bond acceptors (Lipinski definition) is 7. The number of hydrogen-bond donors (Lipinski definition) is 1. The molecule has 2 aromatic carbocycles. The van der Waals surface area contributed by atoms with Crippen molar-refractivity contribution in [2.24, 2.45) is 0 Å². The van der Waals surface area contributed by atoms with Crippen LogP contribution in [-0.2, 0) is 17.8 Å². The summed E-state index contributed by atoms with van der Waals surface area (Å²) in [6.45, 7) is 0.117. The Labute approximate surface area is 160 Å². The van der Waals surface area contributed by atoms with Gasteiger partial charge < -0.3 is 9.73 Å². The van der Waals surface area contributed by atoms with Gasteiger partial charge in [0.25, 0.3) is 0 Å². The predicted molar refractivity (Wildman–Crippen MR) is 98.6 cm³/mol. The second-order valence-corrected chi connectivity index (χ2v) is 6.08. The first kappa shape index (κ1) is 17.5. The maximum atomic E-state index is 12.8. The Kier molecular flexibility index (Phi) is 5.14. The summed E-state index contributed by atoms with van der Waals surface area (Å²) in [4.78, 5) is 12.8. The second-order valence-electron chi connectivity index (χ2n) is 6.08. The Morgan fingerprint density at radius 1 is 1.04 bits per heavy atom. The molecule has 0 fully saturated rings. The van der Waals surface area contributed by atoms with Crippen molar-refractivity contribution >= 4 is 5.91 Å². The summed E-state index contributed by atoms with van der Waals surface area (Å²) < 4.78 is 7.06. The number of amides is 1. The smallest absolute Gasteiger partial charge is 0.247 e. The summed E-state index contributed by atoms with van der Waals surface area (Å²) >= 11 is 0. The molecule has 0 radical (unpaired) electrons. The van der Waals surface area contributed by atoms with Crippen LogP contribution in [0.3, 0.4) is 0 Å². The lowest BCUT2D eigenvalue weighted by molar-refractivity contribution is -0.124. The van der Waals surface area contributed by atoms with Gasteiger partial charge in [0.05, 0.1) is 6.54 Å². The number of tetrazole rings is 1. The fraction of sp³-hybridized carbons (Fsp3) is 0.158. The molecule has 1 N–H and O–H groups in total. The third kappa shape index (κ3) is 4.09. The zero-order valence-corrected chi connectivity index (χ0v) is 14.8. The van der Waals surface area contributed by atoms with Crippen LogP contribution in [-0.4, -0.2) is 36.3 Å². The molecule has 0 aliphatic carbocycles. The molecule has 0 aliphatic heterocycles. The van der Waals surface area contributed by atoms with E-state index in [1.807, 2.05) is 60.7 Å². The zero-order chi connectivity index (χ0) is 19.2. The first-order valence-electron chi connectivity index (χ1n) is 8.71. The molecule has 9 nitrogen and oxygen atoms in total. The van der Waals surface area contributed by atoms with Crippen LogP contribution in [0.25, 0.3) is 11.5 Å². The molecule has 0 aliphatic rings. The summed E-state index contributed by atoms with van der Waals surface area (Å²) in [5.41, 5.74) is 1.82. The Hall–Kier alpha value is -3.88. The molecule has 2 aromatic heterocycles. The molecule has 140 valence electrons. The monoisotopic (exact) mass is 375 g/mol. The van der Waals surface area contributed by atoms with Crippen molar-refractivity contribution in [1.29, 1.82) is 0 Å². The molecule has 0 saturated heterocycles. The number of benzene rings is 2. The van der Waals surface area contributed by atoms with Gasteiger partial charge in [-0.3, -0.25) is 4.79 Å². The van der Waals surface area contributed by atoms with Gasteiger partial charge in [0, 0.05) is 12.0 Å². The SMILES string of the molecule is O=C(NCc1nnc(-c2ccccc2)o1)[C@@H](Cc1ccccc1)n1cnnn1. The summed E-state index contributed by atoms with van der Waals surface area (Å²) in [7, 11) is 0. The number of carbonyl (C=O) groups is 1. The quantitative estimate of drug-likeness (QED) is 0.524. The third-order valence-corrected chi connectivity index (χ3v) is 4.16. The number of nitrogens with one attached hydrogen (secondary N) is 1. The molecule has 2 heterocycles. The van der Waals surface area contributed by atoms with Crippen LogP contribution in [0.5, 0.6) is 0 Å². The van der Waals surface area contributed by atoms with Crippen molar-refractivity contribution in [3.05, 3.63) is 78.4 Å². The lowest BCUT2D eigenvalue weighted by Crippen LogP contribution is -2.34. The molecule has 0 bridgehead atoms. The van der Waals surface area contributed by atoms with Crippen molar-refractivity contribution < 1.29 is 9.21 Å². The van der Waals surface area contributed by atoms with Crippen LogP contribution < -0.4 is 5.32 Å². The fourth-order valence-electron chi connectivity index (χ4n) is 2.76. The molecule has 4 aromatic rings. The molecule has 0 unspecified atom stereocenters. The van der Waals surface area contributed by atoms with Crippen molar-refractivity contribution in [2.45, 2.75) is 19.0 Å². The van der Waals surface area contributed by atoms with Crippen LogP contribution in [0, 0.1) is 0 Å². The van der Waals surface area contributed by atoms with E-state index in [0.29, 0.717) is 18.2 Å². The van der Waals surface area contributed by atoms with E-state index in [1.54, 1.807) is 0 Å². The highest BCUT2D eigenvalue weighted by Gasteiger charge is 2.22. The van der Waals surface area contributed by atoms with Gasteiger partial charge in [-0.05, 0) is 28.1 Å². The molecular weight excluding hydrogens is 358 g/mol. The lowest BCUT2D eigenvalue weighted by Gasteiger charge is -2.15. The Bertz CT molecular complexity index is 1020. The number of aromatic nitrogens is 6. The van der Waals surface area contributed by atoms with Crippen molar-refractivity contribution in [1.82, 2.24) is 35.7 Å². The van der Waals surface area contributed by atoms with E-state index < -0.39 is 6.04 Å². The van der Waals surface area contributed by atoms with Gasteiger partial charge in [-0.1, -0.05) is 48.5 Å². The molecule has 1 atom stereocenters. The molecule has 4 rings (SSSR count). The minimum Gasteiger partial charge on any atom is -0.419 e. The largest absolute Gasteiger partial charge is 0.419 e. The van der Waals surface area contributed by atoms with E-state index in [9.17, 15) is 4.79 Å². The number of nitrogens with zero attached hydrogens (tertiary/aromatic N) is 6. The topological polar surface area (TPSA) is 112 Å². The molecule has 0 saturated carbocycles. The van der Waals surface area contributed by atoms with Gasteiger partial charge in [-0.2, -0.15) is 0 Å². The maximum absolute atomic E-state index is 12.8. The van der Waals surface area contributed by atoms with Gasteiger partial charge >= 0.3 is 0 Å². The normalized spacial score (nSPS) is 11.9. The van der Waals surface area contributed by atoms with Crippen LogP contribution in [0.4, 0.5) is 0 Å². The average Bonchev–Trinajstić information content (AvgIpc) is 3.44. The van der Waals surface area contributed by atoms with Crippen LogP contribution in [0.2, 0.25) is 0 Å². The highest BCUT2D eigenvalue weighted by Crippen LogP contribution is 2.17. The lowest BCUT2D eigenvalue weighted by atomic mass is 10.1. The summed E-state index contributed by atoms with van der Waals surface area (Å²) in [6.07, 6.45) is 1.88.